The first-order chi connectivity index (χ1) is 7.10. The van der Waals surface area contributed by atoms with E-state index in [0.29, 0.717) is 0 Å². The first-order valence-electron chi connectivity index (χ1n) is 6.21. The molecule has 1 saturated heterocycles. The van der Waals surface area contributed by atoms with E-state index < -0.39 is 0 Å². The van der Waals surface area contributed by atoms with Gasteiger partial charge in [-0.2, -0.15) is 0 Å². The Kier molecular flexibility index (Phi) is 4.75. The van der Waals surface area contributed by atoms with Crippen molar-refractivity contribution in [2.45, 2.75) is 70.8 Å². The quantitative estimate of drug-likeness (QED) is 0.475. The Morgan fingerprint density at radius 3 is 2.80 bits per heavy atom. The van der Waals surface area contributed by atoms with Gasteiger partial charge in [-0.3, -0.25) is 0 Å². The smallest absolute Gasteiger partial charge is 0.211 e. The summed E-state index contributed by atoms with van der Waals surface area (Å²) in [5, 5.41) is 0. The van der Waals surface area contributed by atoms with Crippen molar-refractivity contribution in [3.8, 4) is 0 Å². The van der Waals surface area contributed by atoms with Gasteiger partial charge in [-0.1, -0.05) is 26.2 Å². The molecule has 0 N–H and O–H groups in total. The third kappa shape index (κ3) is 3.29. The minimum Gasteiger partial charge on any atom is -0.506 e. The van der Waals surface area contributed by atoms with Crippen LogP contribution >= 0.6 is 0 Å². The summed E-state index contributed by atoms with van der Waals surface area (Å²) in [6.07, 6.45) is 9.17. The van der Waals surface area contributed by atoms with Crippen LogP contribution in [0.3, 0.4) is 0 Å². The molecule has 86 valence electrons. The molecule has 0 aromatic rings. The molecule has 1 unspecified atom stereocenters. The predicted octanol–water partition coefficient (Wildman–Crippen LogP) is 4.30. The van der Waals surface area contributed by atoms with Crippen molar-refractivity contribution in [3.05, 3.63) is 18.5 Å². The van der Waals surface area contributed by atoms with Gasteiger partial charge in [0, 0.05) is 26.2 Å². The van der Waals surface area contributed by atoms with E-state index in [-0.39, 0.29) is 5.54 Å². The molecule has 1 aliphatic rings. The number of unbranched alkanes of at least 4 members (excludes halogenated alkanes) is 3. The lowest BCUT2D eigenvalue weighted by Crippen LogP contribution is -2.42. The molecule has 1 aliphatic heterocycles. The first-order valence-corrected chi connectivity index (χ1v) is 6.21. The summed E-state index contributed by atoms with van der Waals surface area (Å²) in [6.45, 7) is 8.07. The van der Waals surface area contributed by atoms with Gasteiger partial charge in [0.05, 0.1) is 0 Å². The summed E-state index contributed by atoms with van der Waals surface area (Å²) in [4.78, 5) is 0. The van der Waals surface area contributed by atoms with Gasteiger partial charge in [-0.25, -0.2) is 0 Å². The maximum atomic E-state index is 10.0. The zero-order valence-electron chi connectivity index (χ0n) is 10.3. The van der Waals surface area contributed by atoms with Crippen LogP contribution in [0, 0.1) is 13.0 Å². The molecule has 2 nitrogen and oxygen atoms in total. The van der Waals surface area contributed by atoms with E-state index in [1.54, 1.807) is 0 Å². The maximum Gasteiger partial charge on any atom is 0.211 e. The summed E-state index contributed by atoms with van der Waals surface area (Å²) in [5.74, 6) is 0. The van der Waals surface area contributed by atoms with Crippen LogP contribution in [0.15, 0.2) is 0 Å². The van der Waals surface area contributed by atoms with Crippen LogP contribution in [0.2, 0.25) is 0 Å². The Hall–Kier alpha value is -0.400. The Balaban J connectivity index is 2.39. The van der Waals surface area contributed by atoms with Gasteiger partial charge < -0.3 is 10.2 Å². The lowest BCUT2D eigenvalue weighted by molar-refractivity contribution is -0.622. The second-order valence-corrected chi connectivity index (χ2v) is 5.06. The summed E-state index contributed by atoms with van der Waals surface area (Å²) in [6, 6.07) is 1.13. The first kappa shape index (κ1) is 12.7. The summed E-state index contributed by atoms with van der Waals surface area (Å²) < 4.78 is 1.53. The highest BCUT2D eigenvalue weighted by molar-refractivity contribution is 4.85. The molecular formula is C13H24N2. The lowest BCUT2D eigenvalue weighted by Gasteiger charge is -2.36. The van der Waals surface area contributed by atoms with Gasteiger partial charge >= 0.3 is 0 Å². The van der Waals surface area contributed by atoms with Gasteiger partial charge in [-0.15, -0.1) is 0 Å². The molecule has 15 heavy (non-hydrogen) atoms. The fourth-order valence-electron chi connectivity index (χ4n) is 2.49. The van der Waals surface area contributed by atoms with Crippen molar-refractivity contribution in [1.82, 2.24) is 0 Å². The Morgan fingerprint density at radius 2 is 2.13 bits per heavy atom. The largest absolute Gasteiger partial charge is 0.506 e. The average Bonchev–Trinajstić information content (AvgIpc) is 2.21. The SMILES string of the molecule is [CH2]CCCCCC1(C)CCC[C](C)[N+]1=[N-]. The molecule has 0 spiro atoms. The predicted molar refractivity (Wildman–Crippen MR) is 63.2 cm³/mol. The van der Waals surface area contributed by atoms with E-state index in [2.05, 4.69) is 13.8 Å². The molecule has 0 aromatic heterocycles. The molecule has 0 aliphatic carbocycles. The van der Waals surface area contributed by atoms with Crippen molar-refractivity contribution < 1.29 is 4.70 Å². The molecule has 1 fully saturated rings. The van der Waals surface area contributed by atoms with Gasteiger partial charge in [0.2, 0.25) is 6.04 Å². The molecule has 0 aromatic carbocycles. The molecule has 2 radical (unpaired) electrons. The van der Waals surface area contributed by atoms with Crippen LogP contribution in [0.25, 0.3) is 5.53 Å². The van der Waals surface area contributed by atoms with Crippen LogP contribution in [0.4, 0.5) is 0 Å². The van der Waals surface area contributed by atoms with E-state index in [4.69, 9.17) is 0 Å². The van der Waals surface area contributed by atoms with Gasteiger partial charge in [0.25, 0.3) is 0 Å². The molecule has 2 heteroatoms. The zero-order chi connectivity index (χ0) is 11.3. The monoisotopic (exact) mass is 208 g/mol. The number of rotatable bonds is 5. The van der Waals surface area contributed by atoms with Crippen LogP contribution in [0.5, 0.6) is 0 Å². The summed E-state index contributed by atoms with van der Waals surface area (Å²) >= 11 is 0. The fourth-order valence-corrected chi connectivity index (χ4v) is 2.49. The van der Waals surface area contributed by atoms with E-state index in [0.717, 1.165) is 31.7 Å². The number of nitrogens with zero attached hydrogens (tertiary/aromatic N) is 2. The van der Waals surface area contributed by atoms with Crippen molar-refractivity contribution in [2.75, 3.05) is 0 Å². The molecule has 1 heterocycles. The van der Waals surface area contributed by atoms with Gasteiger partial charge in [-0.05, 0) is 19.8 Å². The molecule has 0 saturated carbocycles. The molecule has 0 bridgehead atoms. The molecule has 1 atom stereocenters. The number of hydrogen-bond donors (Lipinski definition) is 0. The number of hydrogen-bond acceptors (Lipinski definition) is 0. The lowest BCUT2D eigenvalue weighted by atomic mass is 9.83. The minimum atomic E-state index is -0.0104. The fraction of sp³-hybridized carbons (Fsp3) is 0.846. The normalized spacial score (nSPS) is 28.3. The molecule has 0 amide bonds. The van der Waals surface area contributed by atoms with Crippen LogP contribution in [0.1, 0.15) is 65.2 Å². The molecular weight excluding hydrogens is 184 g/mol. The van der Waals surface area contributed by atoms with Gasteiger partial charge in [0.1, 0.15) is 5.54 Å². The third-order valence-electron chi connectivity index (χ3n) is 3.59. The minimum absolute atomic E-state index is 0.0104. The van der Waals surface area contributed by atoms with Crippen molar-refractivity contribution in [3.63, 3.8) is 0 Å². The van der Waals surface area contributed by atoms with Crippen LogP contribution in [-0.4, -0.2) is 10.2 Å². The second kappa shape index (κ2) is 5.62. The van der Waals surface area contributed by atoms with E-state index in [1.165, 1.54) is 30.4 Å². The summed E-state index contributed by atoms with van der Waals surface area (Å²) in [5.41, 5.74) is 10.0. The Bertz CT molecular complexity index is 213. The van der Waals surface area contributed by atoms with Crippen molar-refractivity contribution >= 4 is 0 Å². The standard InChI is InChI=1S/C13H24N2/c1-4-5-6-7-10-13(3)11-8-9-12(2)15(13)14/h1,4-11H2,2-3H3. The van der Waals surface area contributed by atoms with Crippen molar-refractivity contribution in [2.24, 2.45) is 0 Å². The zero-order valence-corrected chi connectivity index (χ0v) is 10.3. The summed E-state index contributed by atoms with van der Waals surface area (Å²) in [7, 11) is 0. The highest BCUT2D eigenvalue weighted by atomic mass is 15.3. The molecule has 1 rings (SSSR count). The third-order valence-corrected chi connectivity index (χ3v) is 3.59. The van der Waals surface area contributed by atoms with E-state index in [1.807, 2.05) is 6.92 Å². The second-order valence-electron chi connectivity index (χ2n) is 5.06. The topological polar surface area (TPSA) is 25.3 Å². The highest BCUT2D eigenvalue weighted by Crippen LogP contribution is 2.35. The Morgan fingerprint density at radius 1 is 1.40 bits per heavy atom. The van der Waals surface area contributed by atoms with Crippen LogP contribution < -0.4 is 0 Å². The van der Waals surface area contributed by atoms with Crippen molar-refractivity contribution in [1.29, 1.82) is 0 Å². The Labute approximate surface area is 94.6 Å². The van der Waals surface area contributed by atoms with Gasteiger partial charge in [0.15, 0.2) is 0 Å². The number of piperidine rings is 1. The maximum absolute atomic E-state index is 10.0. The van der Waals surface area contributed by atoms with Crippen LogP contribution in [-0.2, 0) is 0 Å². The van der Waals surface area contributed by atoms with E-state index >= 15 is 0 Å². The highest BCUT2D eigenvalue weighted by Gasteiger charge is 2.38. The average molecular weight is 208 g/mol. The van der Waals surface area contributed by atoms with E-state index in [9.17, 15) is 5.53 Å².